The molecule has 0 amide bonds. The van der Waals surface area contributed by atoms with Crippen LogP contribution >= 0.6 is 0 Å². The second kappa shape index (κ2) is 10.2. The molecule has 0 unspecified atom stereocenters. The van der Waals surface area contributed by atoms with Gasteiger partial charge in [-0.1, -0.05) is 95.5 Å². The second-order valence-electron chi connectivity index (χ2n) is 6.02. The Bertz CT molecular complexity index is 325. The SMILES string of the molecule is CCCCCC[Si](O)(CCCCCC)c1ccccc1. The van der Waals surface area contributed by atoms with Gasteiger partial charge >= 0.3 is 0 Å². The van der Waals surface area contributed by atoms with Crippen molar-refractivity contribution in [1.82, 2.24) is 0 Å². The lowest BCUT2D eigenvalue weighted by molar-refractivity contribution is 0.526. The number of unbranched alkanes of at least 4 members (excludes halogenated alkanes) is 6. The Kier molecular flexibility index (Phi) is 8.87. The molecule has 0 bridgehead atoms. The molecule has 0 aliphatic carbocycles. The van der Waals surface area contributed by atoms with E-state index in [2.05, 4.69) is 38.1 Å². The van der Waals surface area contributed by atoms with Crippen LogP contribution < -0.4 is 5.19 Å². The molecule has 2 heteroatoms. The fourth-order valence-corrected chi connectivity index (χ4v) is 6.16. The first kappa shape index (κ1) is 17.4. The van der Waals surface area contributed by atoms with Crippen molar-refractivity contribution < 1.29 is 4.80 Å². The molecular formula is C18H32OSi. The van der Waals surface area contributed by atoms with Crippen LogP contribution in [0.4, 0.5) is 0 Å². The minimum absolute atomic E-state index is 1.04. The molecule has 0 aliphatic rings. The third kappa shape index (κ3) is 6.23. The maximum atomic E-state index is 11.2. The maximum absolute atomic E-state index is 11.2. The van der Waals surface area contributed by atoms with Gasteiger partial charge in [-0.05, 0) is 17.3 Å². The van der Waals surface area contributed by atoms with Gasteiger partial charge in [-0.15, -0.1) is 0 Å². The molecule has 1 nitrogen and oxygen atoms in total. The zero-order valence-electron chi connectivity index (χ0n) is 13.4. The summed E-state index contributed by atoms with van der Waals surface area (Å²) < 4.78 is 0. The van der Waals surface area contributed by atoms with Crippen LogP contribution in [0, 0.1) is 0 Å². The Morgan fingerprint density at radius 2 is 1.25 bits per heavy atom. The highest BCUT2D eigenvalue weighted by Gasteiger charge is 2.31. The van der Waals surface area contributed by atoms with Gasteiger partial charge in [-0.2, -0.15) is 0 Å². The van der Waals surface area contributed by atoms with E-state index in [4.69, 9.17) is 0 Å². The van der Waals surface area contributed by atoms with Gasteiger partial charge in [-0.25, -0.2) is 0 Å². The molecule has 0 aromatic heterocycles. The number of hydrogen-bond donors (Lipinski definition) is 1. The monoisotopic (exact) mass is 292 g/mol. The number of hydrogen-bond acceptors (Lipinski definition) is 1. The molecule has 0 saturated carbocycles. The number of benzene rings is 1. The summed E-state index contributed by atoms with van der Waals surface area (Å²) in [6.45, 7) is 4.48. The van der Waals surface area contributed by atoms with Gasteiger partial charge in [0.1, 0.15) is 0 Å². The molecule has 0 radical (unpaired) electrons. The van der Waals surface area contributed by atoms with Gasteiger partial charge in [0.2, 0.25) is 8.32 Å². The summed E-state index contributed by atoms with van der Waals surface area (Å²) in [6.07, 6.45) is 10.1. The summed E-state index contributed by atoms with van der Waals surface area (Å²) in [5, 5.41) is 1.24. The molecule has 0 saturated heterocycles. The van der Waals surface area contributed by atoms with Crippen molar-refractivity contribution in [3.05, 3.63) is 30.3 Å². The third-order valence-corrected chi connectivity index (χ3v) is 7.97. The van der Waals surface area contributed by atoms with Crippen molar-refractivity contribution in [2.45, 2.75) is 77.3 Å². The summed E-state index contributed by atoms with van der Waals surface area (Å²) in [4.78, 5) is 11.2. The molecule has 1 N–H and O–H groups in total. The van der Waals surface area contributed by atoms with Crippen LogP contribution in [0.15, 0.2) is 30.3 Å². The van der Waals surface area contributed by atoms with Crippen LogP contribution in [-0.4, -0.2) is 13.1 Å². The fraction of sp³-hybridized carbons (Fsp3) is 0.667. The lowest BCUT2D eigenvalue weighted by Crippen LogP contribution is -2.47. The predicted molar refractivity (Wildman–Crippen MR) is 91.9 cm³/mol. The fourth-order valence-electron chi connectivity index (χ4n) is 2.85. The van der Waals surface area contributed by atoms with Crippen LogP contribution in [0.5, 0.6) is 0 Å². The van der Waals surface area contributed by atoms with E-state index >= 15 is 0 Å². The minimum atomic E-state index is -2.23. The second-order valence-corrected chi connectivity index (χ2v) is 9.66. The molecule has 1 aromatic rings. The zero-order valence-corrected chi connectivity index (χ0v) is 14.4. The Labute approximate surface area is 126 Å². The van der Waals surface area contributed by atoms with E-state index < -0.39 is 8.32 Å². The largest absolute Gasteiger partial charge is 0.427 e. The smallest absolute Gasteiger partial charge is 0.220 e. The highest BCUT2D eigenvalue weighted by Crippen LogP contribution is 2.21. The summed E-state index contributed by atoms with van der Waals surface area (Å²) in [5.74, 6) is 0. The van der Waals surface area contributed by atoms with Crippen LogP contribution in [0.2, 0.25) is 12.1 Å². The van der Waals surface area contributed by atoms with Gasteiger partial charge < -0.3 is 4.80 Å². The van der Waals surface area contributed by atoms with E-state index in [1.807, 2.05) is 6.07 Å². The van der Waals surface area contributed by atoms with E-state index in [0.29, 0.717) is 0 Å². The van der Waals surface area contributed by atoms with Crippen LogP contribution in [0.3, 0.4) is 0 Å². The van der Waals surface area contributed by atoms with E-state index in [1.54, 1.807) is 0 Å². The molecule has 114 valence electrons. The Hall–Kier alpha value is -0.603. The van der Waals surface area contributed by atoms with E-state index in [9.17, 15) is 4.80 Å². The third-order valence-electron chi connectivity index (χ3n) is 4.20. The summed E-state index contributed by atoms with van der Waals surface area (Å²) in [5.41, 5.74) is 0. The molecule has 1 aromatic carbocycles. The van der Waals surface area contributed by atoms with E-state index in [-0.39, 0.29) is 0 Å². The molecule has 0 spiro atoms. The van der Waals surface area contributed by atoms with Crippen LogP contribution in [0.25, 0.3) is 0 Å². The minimum Gasteiger partial charge on any atom is -0.427 e. The first-order valence-electron chi connectivity index (χ1n) is 8.51. The summed E-state index contributed by atoms with van der Waals surface area (Å²) in [6, 6.07) is 12.6. The number of rotatable bonds is 11. The van der Waals surface area contributed by atoms with Crippen LogP contribution in [-0.2, 0) is 0 Å². The Morgan fingerprint density at radius 3 is 1.70 bits per heavy atom. The molecular weight excluding hydrogens is 260 g/mol. The van der Waals surface area contributed by atoms with Crippen molar-refractivity contribution in [3.8, 4) is 0 Å². The summed E-state index contributed by atoms with van der Waals surface area (Å²) >= 11 is 0. The Morgan fingerprint density at radius 1 is 0.750 bits per heavy atom. The van der Waals surface area contributed by atoms with Gasteiger partial charge in [0.05, 0.1) is 0 Å². The topological polar surface area (TPSA) is 20.2 Å². The van der Waals surface area contributed by atoms with Crippen molar-refractivity contribution in [2.24, 2.45) is 0 Å². The predicted octanol–water partition coefficient (Wildman–Crippen LogP) is 4.99. The molecule has 0 atom stereocenters. The first-order valence-corrected chi connectivity index (χ1v) is 10.9. The molecule has 20 heavy (non-hydrogen) atoms. The quantitative estimate of drug-likeness (QED) is 0.450. The highest BCUT2D eigenvalue weighted by atomic mass is 28.4. The molecule has 0 aliphatic heterocycles. The lowest BCUT2D eigenvalue weighted by atomic mass is 10.2. The van der Waals surface area contributed by atoms with Crippen molar-refractivity contribution in [1.29, 1.82) is 0 Å². The molecule has 1 rings (SSSR count). The van der Waals surface area contributed by atoms with Gasteiger partial charge in [0, 0.05) is 0 Å². The normalized spacial score (nSPS) is 11.8. The summed E-state index contributed by atoms with van der Waals surface area (Å²) in [7, 11) is -2.23. The standard InChI is InChI=1S/C18H32OSi/c1-3-5-7-12-16-20(19,17-13-8-6-4-2)18-14-10-9-11-15-18/h9-11,14-15,19H,3-8,12-13,16-17H2,1-2H3. The maximum Gasteiger partial charge on any atom is 0.220 e. The zero-order chi connectivity index (χ0) is 14.7. The molecule has 0 fully saturated rings. The van der Waals surface area contributed by atoms with E-state index in [1.165, 1.54) is 56.6 Å². The first-order chi connectivity index (χ1) is 9.73. The van der Waals surface area contributed by atoms with Crippen LogP contribution in [0.1, 0.15) is 65.2 Å². The average Bonchev–Trinajstić information content (AvgIpc) is 2.49. The van der Waals surface area contributed by atoms with Gasteiger partial charge in [0.15, 0.2) is 0 Å². The lowest BCUT2D eigenvalue weighted by Gasteiger charge is -2.26. The van der Waals surface area contributed by atoms with Crippen molar-refractivity contribution in [2.75, 3.05) is 0 Å². The Balaban J connectivity index is 2.57. The van der Waals surface area contributed by atoms with Gasteiger partial charge in [0.25, 0.3) is 0 Å². The van der Waals surface area contributed by atoms with E-state index in [0.717, 1.165) is 12.1 Å². The average molecular weight is 293 g/mol. The van der Waals surface area contributed by atoms with Gasteiger partial charge in [-0.3, -0.25) is 0 Å². The van der Waals surface area contributed by atoms with Crippen molar-refractivity contribution >= 4 is 13.5 Å². The molecule has 0 heterocycles. The highest BCUT2D eigenvalue weighted by molar-refractivity contribution is 6.85. The van der Waals surface area contributed by atoms with Crippen molar-refractivity contribution in [3.63, 3.8) is 0 Å².